The van der Waals surface area contributed by atoms with Gasteiger partial charge < -0.3 is 4.74 Å². The molecule has 0 amide bonds. The third kappa shape index (κ3) is 1.92. The van der Waals surface area contributed by atoms with Crippen molar-refractivity contribution >= 4 is 5.97 Å². The Balaban J connectivity index is 3.61. The fraction of sp³-hybridized carbons (Fsp3) is 0.727. The van der Waals surface area contributed by atoms with Crippen molar-refractivity contribution < 1.29 is 53.4 Å². The number of alkyl halides is 10. The van der Waals surface area contributed by atoms with Gasteiger partial charge in [-0.3, -0.25) is 0 Å². The zero-order chi connectivity index (χ0) is 18.7. The molecule has 0 atom stereocenters. The Labute approximate surface area is 122 Å². The lowest BCUT2D eigenvalue weighted by atomic mass is 9.68. The minimum atomic E-state index is -6.63. The molecule has 134 valence electrons. The van der Waals surface area contributed by atoms with Crippen molar-refractivity contribution in [2.75, 3.05) is 6.61 Å². The van der Waals surface area contributed by atoms with Crippen molar-refractivity contribution in [1.82, 2.24) is 0 Å². The van der Waals surface area contributed by atoms with Gasteiger partial charge in [0.15, 0.2) is 0 Å². The summed E-state index contributed by atoms with van der Waals surface area (Å²) in [5, 5.41) is 0. The molecule has 1 aliphatic rings. The molecule has 1 saturated carbocycles. The molecule has 0 aromatic rings. The van der Waals surface area contributed by atoms with Crippen LogP contribution in [0.4, 0.5) is 43.9 Å². The number of esters is 1. The van der Waals surface area contributed by atoms with Crippen molar-refractivity contribution in [1.29, 1.82) is 0 Å². The molecule has 0 radical (unpaired) electrons. The molecule has 0 unspecified atom stereocenters. The van der Waals surface area contributed by atoms with Gasteiger partial charge in [-0.2, -0.15) is 35.1 Å². The largest absolute Gasteiger partial charge is 0.459 e. The van der Waals surface area contributed by atoms with Crippen LogP contribution in [-0.2, 0) is 9.53 Å². The quantitative estimate of drug-likeness (QED) is 0.435. The molecule has 0 spiro atoms. The fourth-order valence-corrected chi connectivity index (χ4v) is 1.89. The van der Waals surface area contributed by atoms with Gasteiger partial charge in [-0.05, 0) is 6.92 Å². The van der Waals surface area contributed by atoms with E-state index in [0.29, 0.717) is 0 Å². The van der Waals surface area contributed by atoms with Crippen molar-refractivity contribution in [2.24, 2.45) is 0 Å². The standard InChI is InChI=1S/C11H8F10O2/c1-3-5(22)23-4-7(13)10(18,19)8(14,15)6(2,12)9(16,17)11(7,20)21/h3H,1,4H2,2H3. The maximum atomic E-state index is 14.0. The first kappa shape index (κ1) is 19.6. The number of carbonyl (C=O) groups excluding carboxylic acids is 1. The highest BCUT2D eigenvalue weighted by atomic mass is 19.4. The minimum Gasteiger partial charge on any atom is -0.459 e. The second kappa shape index (κ2) is 4.76. The summed E-state index contributed by atoms with van der Waals surface area (Å²) in [6.07, 6.45) is 0.151. The first-order chi connectivity index (χ1) is 9.95. The molecular weight excluding hydrogens is 354 g/mol. The average molecular weight is 362 g/mol. The Hall–Kier alpha value is -1.49. The van der Waals surface area contributed by atoms with Gasteiger partial charge in [0.1, 0.15) is 6.61 Å². The summed E-state index contributed by atoms with van der Waals surface area (Å²) >= 11 is 0. The van der Waals surface area contributed by atoms with Crippen LogP contribution in [0, 0.1) is 0 Å². The molecule has 12 heteroatoms. The van der Waals surface area contributed by atoms with Crippen LogP contribution in [0.15, 0.2) is 12.7 Å². The summed E-state index contributed by atoms with van der Waals surface area (Å²) in [6.45, 7) is -1.10. The van der Waals surface area contributed by atoms with Crippen LogP contribution < -0.4 is 0 Å². The summed E-state index contributed by atoms with van der Waals surface area (Å²) in [5.41, 5.74) is -11.9. The Bertz CT molecular complexity index is 495. The summed E-state index contributed by atoms with van der Waals surface area (Å²) in [7, 11) is 0. The number of hydrogen-bond donors (Lipinski definition) is 0. The predicted octanol–water partition coefficient (Wildman–Crippen LogP) is 3.71. The first-order valence-electron chi connectivity index (χ1n) is 5.64. The molecule has 23 heavy (non-hydrogen) atoms. The van der Waals surface area contributed by atoms with Gasteiger partial charge in [0, 0.05) is 6.08 Å². The maximum Gasteiger partial charge on any atom is 0.356 e. The number of ether oxygens (including phenoxy) is 1. The molecule has 0 N–H and O–H groups in total. The molecule has 0 aromatic carbocycles. The van der Waals surface area contributed by atoms with Crippen LogP contribution in [0.3, 0.4) is 0 Å². The van der Waals surface area contributed by atoms with E-state index < -0.39 is 54.5 Å². The molecule has 0 aliphatic heterocycles. The number of carbonyl (C=O) groups is 1. The van der Waals surface area contributed by atoms with Crippen LogP contribution in [0.25, 0.3) is 0 Å². The highest BCUT2D eigenvalue weighted by molar-refractivity contribution is 5.81. The van der Waals surface area contributed by atoms with Crippen LogP contribution >= 0.6 is 0 Å². The Morgan fingerprint density at radius 1 is 0.870 bits per heavy atom. The van der Waals surface area contributed by atoms with Gasteiger partial charge in [0.25, 0.3) is 5.67 Å². The van der Waals surface area contributed by atoms with E-state index >= 15 is 0 Å². The van der Waals surface area contributed by atoms with E-state index in [1.165, 1.54) is 0 Å². The molecular formula is C11H8F10O2. The van der Waals surface area contributed by atoms with Gasteiger partial charge in [0.2, 0.25) is 5.67 Å². The highest BCUT2D eigenvalue weighted by Crippen LogP contribution is 2.68. The predicted molar refractivity (Wildman–Crippen MR) is 54.3 cm³/mol. The van der Waals surface area contributed by atoms with Crippen LogP contribution in [0.1, 0.15) is 6.92 Å². The lowest BCUT2D eigenvalue weighted by molar-refractivity contribution is -0.459. The average Bonchev–Trinajstić information content (AvgIpc) is 2.41. The molecule has 1 aliphatic carbocycles. The lowest BCUT2D eigenvalue weighted by Gasteiger charge is -2.54. The van der Waals surface area contributed by atoms with Crippen LogP contribution in [0.2, 0.25) is 0 Å². The Morgan fingerprint density at radius 2 is 1.22 bits per heavy atom. The topological polar surface area (TPSA) is 26.3 Å². The first-order valence-corrected chi connectivity index (χ1v) is 5.64. The minimum absolute atomic E-state index is 0.151. The monoisotopic (exact) mass is 362 g/mol. The second-order valence-electron chi connectivity index (χ2n) is 4.91. The molecule has 0 aromatic heterocycles. The zero-order valence-electron chi connectivity index (χ0n) is 11.1. The Morgan fingerprint density at radius 3 is 1.52 bits per heavy atom. The second-order valence-corrected chi connectivity index (χ2v) is 4.91. The normalized spacial score (nSPS) is 37.0. The summed E-state index contributed by atoms with van der Waals surface area (Å²) in [5.74, 6) is -28.2. The highest BCUT2D eigenvalue weighted by Gasteiger charge is 2.98. The molecule has 0 bridgehead atoms. The summed E-state index contributed by atoms with van der Waals surface area (Å²) in [4.78, 5) is 10.6. The van der Waals surface area contributed by atoms with E-state index in [2.05, 4.69) is 11.3 Å². The van der Waals surface area contributed by atoms with Gasteiger partial charge in [-0.25, -0.2) is 13.6 Å². The number of rotatable bonds is 3. The summed E-state index contributed by atoms with van der Waals surface area (Å²) in [6, 6.07) is 0. The van der Waals surface area contributed by atoms with E-state index in [1.54, 1.807) is 0 Å². The third-order valence-corrected chi connectivity index (χ3v) is 3.54. The molecule has 0 saturated heterocycles. The fourth-order valence-electron chi connectivity index (χ4n) is 1.89. The Kier molecular flexibility index (Phi) is 4.05. The van der Waals surface area contributed by atoms with Crippen molar-refractivity contribution in [3.63, 3.8) is 0 Å². The molecule has 2 nitrogen and oxygen atoms in total. The van der Waals surface area contributed by atoms with Crippen molar-refractivity contribution in [3.8, 4) is 0 Å². The SMILES string of the molecule is C=CC(=O)OCC1(F)C(F)(F)C(F)(F)C(C)(F)C(F)(F)C1(F)F. The van der Waals surface area contributed by atoms with E-state index in [0.717, 1.165) is 0 Å². The smallest absolute Gasteiger partial charge is 0.356 e. The number of halogens is 10. The molecule has 0 heterocycles. The van der Waals surface area contributed by atoms with Gasteiger partial charge in [-0.15, -0.1) is 0 Å². The maximum absolute atomic E-state index is 14.0. The van der Waals surface area contributed by atoms with E-state index in [1.807, 2.05) is 0 Å². The van der Waals surface area contributed by atoms with Crippen molar-refractivity contribution in [2.45, 2.75) is 42.0 Å². The molecule has 1 rings (SSSR count). The lowest BCUT2D eigenvalue weighted by Crippen LogP contribution is -2.85. The van der Waals surface area contributed by atoms with Gasteiger partial charge in [-0.1, -0.05) is 6.58 Å². The third-order valence-electron chi connectivity index (χ3n) is 3.54. The summed E-state index contributed by atoms with van der Waals surface area (Å²) < 4.78 is 139. The number of hydrogen-bond acceptors (Lipinski definition) is 2. The van der Waals surface area contributed by atoms with Gasteiger partial charge >= 0.3 is 29.7 Å². The van der Waals surface area contributed by atoms with E-state index in [4.69, 9.17) is 0 Å². The van der Waals surface area contributed by atoms with Crippen LogP contribution in [-0.4, -0.2) is 47.6 Å². The van der Waals surface area contributed by atoms with Crippen LogP contribution in [0.5, 0.6) is 0 Å². The van der Waals surface area contributed by atoms with Crippen molar-refractivity contribution in [3.05, 3.63) is 12.7 Å². The zero-order valence-corrected chi connectivity index (χ0v) is 11.1. The van der Waals surface area contributed by atoms with Gasteiger partial charge in [0.05, 0.1) is 0 Å². The van der Waals surface area contributed by atoms with E-state index in [-0.39, 0.29) is 6.08 Å². The van der Waals surface area contributed by atoms with E-state index in [9.17, 15) is 48.7 Å². The molecule has 1 fully saturated rings.